The van der Waals surface area contributed by atoms with Gasteiger partial charge in [0.1, 0.15) is 0 Å². The molecule has 0 aromatic heterocycles. The molecule has 1 aliphatic rings. The van der Waals surface area contributed by atoms with E-state index in [1.54, 1.807) is 19.9 Å². The lowest BCUT2D eigenvalue weighted by atomic mass is 9.63. The Morgan fingerprint density at radius 3 is 2.50 bits per heavy atom. The van der Waals surface area contributed by atoms with Crippen LogP contribution >= 0.6 is 0 Å². The molecule has 3 unspecified atom stereocenters. The number of Topliss-reactive ketones (excluding diaryl/α,β-unsaturated/α-hetero) is 2. The van der Waals surface area contributed by atoms with Crippen LogP contribution in [-0.2, 0) is 9.59 Å². The standard InChI is InChI=1S/C15H22O3/c1-6-15(5,18)8-7-11-10(2)13(17)12(16)9-14(11,3)4/h6-8,10-11,18H,1,9H2,2-5H3. The van der Waals surface area contributed by atoms with Crippen molar-refractivity contribution in [2.45, 2.75) is 39.7 Å². The lowest BCUT2D eigenvalue weighted by molar-refractivity contribution is -0.145. The van der Waals surface area contributed by atoms with E-state index >= 15 is 0 Å². The smallest absolute Gasteiger partial charge is 0.201 e. The third-order valence-corrected chi connectivity index (χ3v) is 3.80. The van der Waals surface area contributed by atoms with Crippen molar-refractivity contribution in [1.82, 2.24) is 0 Å². The maximum absolute atomic E-state index is 11.8. The fraction of sp³-hybridized carbons (Fsp3) is 0.600. The second kappa shape index (κ2) is 4.81. The third-order valence-electron chi connectivity index (χ3n) is 3.80. The highest BCUT2D eigenvalue weighted by Crippen LogP contribution is 2.42. The van der Waals surface area contributed by atoms with Gasteiger partial charge in [-0.2, -0.15) is 0 Å². The number of rotatable bonds is 3. The van der Waals surface area contributed by atoms with Crippen molar-refractivity contribution in [2.24, 2.45) is 17.3 Å². The molecule has 0 aromatic carbocycles. The number of hydrogen-bond donors (Lipinski definition) is 1. The van der Waals surface area contributed by atoms with Crippen molar-refractivity contribution >= 4 is 11.6 Å². The molecule has 0 amide bonds. The molecule has 1 rings (SSSR count). The average molecular weight is 250 g/mol. The molecule has 0 aliphatic heterocycles. The van der Waals surface area contributed by atoms with Gasteiger partial charge >= 0.3 is 0 Å². The van der Waals surface area contributed by atoms with E-state index in [2.05, 4.69) is 6.58 Å². The number of carbonyl (C=O) groups is 2. The van der Waals surface area contributed by atoms with Crippen LogP contribution in [0.25, 0.3) is 0 Å². The summed E-state index contributed by atoms with van der Waals surface area (Å²) < 4.78 is 0. The Morgan fingerprint density at radius 1 is 1.44 bits per heavy atom. The van der Waals surface area contributed by atoms with Gasteiger partial charge in [-0.15, -0.1) is 0 Å². The lowest BCUT2D eigenvalue weighted by Gasteiger charge is -2.39. The van der Waals surface area contributed by atoms with E-state index in [4.69, 9.17) is 0 Å². The van der Waals surface area contributed by atoms with E-state index in [1.807, 2.05) is 19.9 Å². The van der Waals surface area contributed by atoms with Crippen molar-refractivity contribution in [3.8, 4) is 0 Å². The van der Waals surface area contributed by atoms with Crippen LogP contribution in [0.5, 0.6) is 0 Å². The molecule has 0 aromatic rings. The zero-order valence-corrected chi connectivity index (χ0v) is 11.6. The summed E-state index contributed by atoms with van der Waals surface area (Å²) in [6, 6.07) is 0. The summed E-state index contributed by atoms with van der Waals surface area (Å²) in [6.45, 7) is 10.9. The van der Waals surface area contributed by atoms with Gasteiger partial charge in [0.25, 0.3) is 0 Å². The number of aliphatic hydroxyl groups is 1. The van der Waals surface area contributed by atoms with Crippen LogP contribution in [0.4, 0.5) is 0 Å². The summed E-state index contributed by atoms with van der Waals surface area (Å²) in [5, 5.41) is 9.87. The average Bonchev–Trinajstić information content (AvgIpc) is 2.25. The summed E-state index contributed by atoms with van der Waals surface area (Å²) in [5.74, 6) is -0.970. The van der Waals surface area contributed by atoms with Gasteiger partial charge < -0.3 is 5.11 Å². The molecule has 0 saturated heterocycles. The van der Waals surface area contributed by atoms with E-state index in [1.165, 1.54) is 6.08 Å². The monoisotopic (exact) mass is 250 g/mol. The zero-order chi connectivity index (χ0) is 14.1. The van der Waals surface area contributed by atoms with Gasteiger partial charge in [-0.25, -0.2) is 0 Å². The van der Waals surface area contributed by atoms with Crippen LogP contribution in [0.1, 0.15) is 34.1 Å². The molecule has 1 aliphatic carbocycles. The van der Waals surface area contributed by atoms with E-state index in [0.29, 0.717) is 0 Å². The first-order valence-corrected chi connectivity index (χ1v) is 6.23. The van der Waals surface area contributed by atoms with Gasteiger partial charge in [0.15, 0.2) is 5.78 Å². The maximum Gasteiger partial charge on any atom is 0.201 e. The Balaban J connectivity index is 3.02. The molecule has 3 nitrogen and oxygen atoms in total. The van der Waals surface area contributed by atoms with Crippen LogP contribution in [0.3, 0.4) is 0 Å². The SMILES string of the molecule is C=CC(C)(O)C=CC1C(C)C(=O)C(=O)CC1(C)C. The van der Waals surface area contributed by atoms with Gasteiger partial charge in [-0.3, -0.25) is 9.59 Å². The van der Waals surface area contributed by atoms with E-state index in [-0.39, 0.29) is 35.2 Å². The summed E-state index contributed by atoms with van der Waals surface area (Å²) in [5.41, 5.74) is -1.35. The van der Waals surface area contributed by atoms with Crippen molar-refractivity contribution in [1.29, 1.82) is 0 Å². The molecule has 3 atom stereocenters. The Labute approximate surface area is 109 Å². The first kappa shape index (κ1) is 14.8. The molecule has 0 radical (unpaired) electrons. The van der Waals surface area contributed by atoms with Crippen LogP contribution in [-0.4, -0.2) is 22.3 Å². The molecule has 18 heavy (non-hydrogen) atoms. The van der Waals surface area contributed by atoms with Crippen LogP contribution in [0.2, 0.25) is 0 Å². The Hall–Kier alpha value is -1.22. The van der Waals surface area contributed by atoms with E-state index in [9.17, 15) is 14.7 Å². The fourth-order valence-electron chi connectivity index (χ4n) is 2.51. The molecule has 0 spiro atoms. The van der Waals surface area contributed by atoms with Crippen LogP contribution < -0.4 is 0 Å². The number of ketones is 2. The molecule has 0 heterocycles. The minimum atomic E-state index is -1.08. The van der Waals surface area contributed by atoms with E-state index < -0.39 is 5.60 Å². The molecule has 3 heteroatoms. The quantitative estimate of drug-likeness (QED) is 0.617. The summed E-state index contributed by atoms with van der Waals surface area (Å²) in [7, 11) is 0. The molecule has 100 valence electrons. The molecule has 0 bridgehead atoms. The topological polar surface area (TPSA) is 54.4 Å². The summed E-state index contributed by atoms with van der Waals surface area (Å²) in [6.07, 6.45) is 5.20. The largest absolute Gasteiger partial charge is 0.382 e. The lowest BCUT2D eigenvalue weighted by Crippen LogP contribution is -2.43. The number of hydrogen-bond acceptors (Lipinski definition) is 3. The minimum Gasteiger partial charge on any atom is -0.382 e. The predicted octanol–water partition coefficient (Wildman–Crippen LogP) is 2.30. The minimum absolute atomic E-state index is 0.0471. The van der Waals surface area contributed by atoms with Crippen LogP contribution in [0, 0.1) is 17.3 Å². The first-order valence-electron chi connectivity index (χ1n) is 6.23. The van der Waals surface area contributed by atoms with Gasteiger partial charge in [-0.05, 0) is 18.3 Å². The first-order chi connectivity index (χ1) is 8.10. The highest BCUT2D eigenvalue weighted by molar-refractivity contribution is 6.38. The molecular weight excluding hydrogens is 228 g/mol. The van der Waals surface area contributed by atoms with Crippen molar-refractivity contribution < 1.29 is 14.7 Å². The molecule has 1 N–H and O–H groups in total. The summed E-state index contributed by atoms with van der Waals surface area (Å²) >= 11 is 0. The maximum atomic E-state index is 11.8. The van der Waals surface area contributed by atoms with Gasteiger partial charge in [-0.1, -0.05) is 45.6 Å². The number of allylic oxidation sites excluding steroid dienone is 1. The second-order valence-electron chi connectivity index (χ2n) is 6.06. The Morgan fingerprint density at radius 2 is 2.00 bits per heavy atom. The summed E-state index contributed by atoms with van der Waals surface area (Å²) in [4.78, 5) is 23.3. The van der Waals surface area contributed by atoms with Crippen molar-refractivity contribution in [3.63, 3.8) is 0 Å². The van der Waals surface area contributed by atoms with Gasteiger partial charge in [0.2, 0.25) is 5.78 Å². The number of carbonyl (C=O) groups excluding carboxylic acids is 2. The normalized spacial score (nSPS) is 31.4. The van der Waals surface area contributed by atoms with E-state index in [0.717, 1.165) is 0 Å². The fourth-order valence-corrected chi connectivity index (χ4v) is 2.51. The second-order valence-corrected chi connectivity index (χ2v) is 6.06. The van der Waals surface area contributed by atoms with Gasteiger partial charge in [0, 0.05) is 12.3 Å². The van der Waals surface area contributed by atoms with Crippen LogP contribution in [0.15, 0.2) is 24.8 Å². The van der Waals surface area contributed by atoms with Crippen molar-refractivity contribution in [3.05, 3.63) is 24.8 Å². The highest BCUT2D eigenvalue weighted by Gasteiger charge is 2.44. The molecule has 1 fully saturated rings. The molecular formula is C15H22O3. The third kappa shape index (κ3) is 2.96. The van der Waals surface area contributed by atoms with Crippen molar-refractivity contribution in [2.75, 3.05) is 0 Å². The molecule has 1 saturated carbocycles. The Bertz CT molecular complexity index is 402. The predicted molar refractivity (Wildman–Crippen MR) is 71.0 cm³/mol. The zero-order valence-electron chi connectivity index (χ0n) is 11.6. The highest BCUT2D eigenvalue weighted by atomic mass is 16.3. The Kier molecular flexibility index (Phi) is 3.96. The van der Waals surface area contributed by atoms with Gasteiger partial charge in [0.05, 0.1) is 5.60 Å².